The van der Waals surface area contributed by atoms with Crippen molar-refractivity contribution in [2.75, 3.05) is 32.1 Å². The van der Waals surface area contributed by atoms with Gasteiger partial charge in [-0.2, -0.15) is 0 Å². The third-order valence-electron chi connectivity index (χ3n) is 2.71. The Morgan fingerprint density at radius 1 is 1.47 bits per heavy atom. The third kappa shape index (κ3) is 2.74. The summed E-state index contributed by atoms with van der Waals surface area (Å²) in [6, 6.07) is 4.58. The van der Waals surface area contributed by atoms with Crippen molar-refractivity contribution in [2.45, 2.75) is 6.42 Å². The quantitative estimate of drug-likeness (QED) is 0.777. The molecule has 5 heteroatoms. The Kier molecular flexibility index (Phi) is 3.58. The molecule has 0 bridgehead atoms. The molecule has 17 heavy (non-hydrogen) atoms. The first-order chi connectivity index (χ1) is 8.20. The van der Waals surface area contributed by atoms with Crippen molar-refractivity contribution < 1.29 is 4.39 Å². The van der Waals surface area contributed by atoms with Crippen LogP contribution in [0.3, 0.4) is 0 Å². The van der Waals surface area contributed by atoms with Gasteiger partial charge < -0.3 is 15.2 Å². The first-order valence-corrected chi connectivity index (χ1v) is 5.71. The van der Waals surface area contributed by atoms with Gasteiger partial charge in [0.1, 0.15) is 5.82 Å². The van der Waals surface area contributed by atoms with Gasteiger partial charge in [-0.15, -0.1) is 0 Å². The van der Waals surface area contributed by atoms with E-state index in [2.05, 4.69) is 15.3 Å². The second-order valence-electron chi connectivity index (χ2n) is 4.10. The maximum atomic E-state index is 13.0. The van der Waals surface area contributed by atoms with Crippen LogP contribution in [-0.4, -0.2) is 37.2 Å². The molecule has 92 valence electrons. The zero-order chi connectivity index (χ0) is 12.3. The van der Waals surface area contributed by atoms with E-state index in [9.17, 15) is 4.39 Å². The van der Waals surface area contributed by atoms with Gasteiger partial charge in [0.2, 0.25) is 5.95 Å². The van der Waals surface area contributed by atoms with Crippen molar-refractivity contribution in [1.29, 1.82) is 0 Å². The van der Waals surface area contributed by atoms with Crippen LogP contribution < -0.4 is 10.2 Å². The van der Waals surface area contributed by atoms with Crippen molar-refractivity contribution in [2.24, 2.45) is 0 Å². The Bertz CT molecular complexity index is 494. The lowest BCUT2D eigenvalue weighted by atomic mass is 10.3. The summed E-state index contributed by atoms with van der Waals surface area (Å²) >= 11 is 0. The lowest BCUT2D eigenvalue weighted by Gasteiger charge is -2.15. The Morgan fingerprint density at radius 2 is 2.29 bits per heavy atom. The van der Waals surface area contributed by atoms with Crippen molar-refractivity contribution in [3.05, 3.63) is 24.0 Å². The number of hydrogen-bond acceptors (Lipinski definition) is 3. The van der Waals surface area contributed by atoms with Crippen LogP contribution in [0, 0.1) is 5.82 Å². The number of benzene rings is 1. The smallest absolute Gasteiger partial charge is 0.203 e. The number of rotatable bonds is 5. The summed E-state index contributed by atoms with van der Waals surface area (Å²) in [6.45, 7) is 1.88. The minimum atomic E-state index is -0.245. The molecule has 1 aromatic heterocycles. The van der Waals surface area contributed by atoms with Gasteiger partial charge in [-0.05, 0) is 38.2 Å². The number of imidazole rings is 1. The van der Waals surface area contributed by atoms with Gasteiger partial charge in [0.15, 0.2) is 0 Å². The molecule has 0 spiro atoms. The number of halogens is 1. The van der Waals surface area contributed by atoms with E-state index in [1.807, 2.05) is 19.0 Å². The van der Waals surface area contributed by atoms with Crippen molar-refractivity contribution in [3.63, 3.8) is 0 Å². The SMILES string of the molecule is CNCCCN(C)c1nc2ccc(F)cc2[nH]1. The van der Waals surface area contributed by atoms with Gasteiger partial charge in [0.25, 0.3) is 0 Å². The van der Waals surface area contributed by atoms with Crippen molar-refractivity contribution in [1.82, 2.24) is 15.3 Å². The third-order valence-corrected chi connectivity index (χ3v) is 2.71. The molecule has 4 nitrogen and oxygen atoms in total. The largest absolute Gasteiger partial charge is 0.345 e. The summed E-state index contributed by atoms with van der Waals surface area (Å²) in [4.78, 5) is 9.57. The molecule has 0 aliphatic heterocycles. The number of H-pyrrole nitrogens is 1. The van der Waals surface area contributed by atoms with Crippen molar-refractivity contribution in [3.8, 4) is 0 Å². The monoisotopic (exact) mass is 236 g/mol. The first kappa shape index (κ1) is 11.9. The number of aromatic amines is 1. The topological polar surface area (TPSA) is 44.0 Å². The number of nitrogens with one attached hydrogen (secondary N) is 2. The normalized spacial score (nSPS) is 11.0. The molecule has 1 aromatic carbocycles. The van der Waals surface area contributed by atoms with Crippen LogP contribution in [0.5, 0.6) is 0 Å². The fraction of sp³-hybridized carbons (Fsp3) is 0.417. The number of anilines is 1. The number of aromatic nitrogens is 2. The van der Waals surface area contributed by atoms with Gasteiger partial charge in [-0.1, -0.05) is 0 Å². The van der Waals surface area contributed by atoms with Crippen LogP contribution in [0.25, 0.3) is 11.0 Å². The van der Waals surface area contributed by atoms with Crippen LogP contribution in [0.2, 0.25) is 0 Å². The van der Waals surface area contributed by atoms with E-state index >= 15 is 0 Å². The zero-order valence-corrected chi connectivity index (χ0v) is 10.1. The highest BCUT2D eigenvalue weighted by Crippen LogP contribution is 2.17. The average Bonchev–Trinajstić information content (AvgIpc) is 2.72. The molecule has 0 atom stereocenters. The van der Waals surface area contributed by atoms with E-state index in [4.69, 9.17) is 0 Å². The average molecular weight is 236 g/mol. The van der Waals surface area contributed by atoms with E-state index in [0.717, 1.165) is 36.5 Å². The predicted molar refractivity (Wildman–Crippen MR) is 67.9 cm³/mol. The summed E-state index contributed by atoms with van der Waals surface area (Å²) in [5, 5.41) is 3.10. The molecule has 0 aliphatic carbocycles. The van der Waals surface area contributed by atoms with Crippen LogP contribution in [-0.2, 0) is 0 Å². The Balaban J connectivity index is 2.12. The molecule has 0 fully saturated rings. The first-order valence-electron chi connectivity index (χ1n) is 5.71. The molecule has 2 aromatic rings. The lowest BCUT2D eigenvalue weighted by Crippen LogP contribution is -2.23. The molecule has 0 amide bonds. The van der Waals surface area contributed by atoms with E-state index in [0.29, 0.717) is 0 Å². The minimum absolute atomic E-state index is 0.245. The predicted octanol–water partition coefficient (Wildman–Crippen LogP) is 1.75. The number of nitrogens with zero attached hydrogens (tertiary/aromatic N) is 2. The molecule has 0 radical (unpaired) electrons. The Hall–Kier alpha value is -1.62. The lowest BCUT2D eigenvalue weighted by molar-refractivity contribution is 0.629. The molecule has 0 saturated heterocycles. The van der Waals surface area contributed by atoms with E-state index in [1.54, 1.807) is 6.07 Å². The van der Waals surface area contributed by atoms with Crippen molar-refractivity contribution >= 4 is 17.0 Å². The summed E-state index contributed by atoms with van der Waals surface area (Å²) < 4.78 is 13.0. The maximum Gasteiger partial charge on any atom is 0.203 e. The van der Waals surface area contributed by atoms with Crippen LogP contribution in [0.4, 0.5) is 10.3 Å². The van der Waals surface area contributed by atoms with Gasteiger partial charge in [0, 0.05) is 13.6 Å². The van der Waals surface area contributed by atoms with E-state index in [-0.39, 0.29) is 5.82 Å². The molecule has 1 heterocycles. The number of hydrogen-bond donors (Lipinski definition) is 2. The zero-order valence-electron chi connectivity index (χ0n) is 10.1. The highest BCUT2D eigenvalue weighted by atomic mass is 19.1. The summed E-state index contributed by atoms with van der Waals surface area (Å²) in [6.07, 6.45) is 1.04. The van der Waals surface area contributed by atoms with Gasteiger partial charge >= 0.3 is 0 Å². The highest BCUT2D eigenvalue weighted by Gasteiger charge is 2.07. The van der Waals surface area contributed by atoms with Gasteiger partial charge in [0.05, 0.1) is 11.0 Å². The molecule has 0 saturated carbocycles. The Labute approximate surface area is 99.8 Å². The summed E-state index contributed by atoms with van der Waals surface area (Å²) in [5.41, 5.74) is 1.53. The fourth-order valence-corrected chi connectivity index (χ4v) is 1.75. The molecule has 2 N–H and O–H groups in total. The van der Waals surface area contributed by atoms with Crippen LogP contribution in [0.1, 0.15) is 6.42 Å². The second-order valence-corrected chi connectivity index (χ2v) is 4.10. The standard InChI is InChI=1S/C12H17FN4/c1-14-6-3-7-17(2)12-15-10-5-4-9(13)8-11(10)16-12/h4-5,8,14H,3,6-7H2,1-2H3,(H,15,16). The molecule has 0 unspecified atom stereocenters. The second kappa shape index (κ2) is 5.14. The Morgan fingerprint density at radius 3 is 3.06 bits per heavy atom. The number of fused-ring (bicyclic) bond motifs is 1. The van der Waals surface area contributed by atoms with Gasteiger partial charge in [-0.25, -0.2) is 9.37 Å². The van der Waals surface area contributed by atoms with E-state index < -0.39 is 0 Å². The highest BCUT2D eigenvalue weighted by molar-refractivity contribution is 5.77. The fourth-order valence-electron chi connectivity index (χ4n) is 1.75. The molecular formula is C12H17FN4. The summed E-state index contributed by atoms with van der Waals surface area (Å²) in [5.74, 6) is 0.534. The molecule has 0 aliphatic rings. The summed E-state index contributed by atoms with van der Waals surface area (Å²) in [7, 11) is 3.91. The molecular weight excluding hydrogens is 219 g/mol. The van der Waals surface area contributed by atoms with E-state index in [1.165, 1.54) is 12.1 Å². The minimum Gasteiger partial charge on any atom is -0.345 e. The van der Waals surface area contributed by atoms with Crippen LogP contribution in [0.15, 0.2) is 18.2 Å². The van der Waals surface area contributed by atoms with Crippen LogP contribution >= 0.6 is 0 Å². The molecule has 2 rings (SSSR count). The maximum absolute atomic E-state index is 13.0. The van der Waals surface area contributed by atoms with Gasteiger partial charge in [-0.3, -0.25) is 0 Å².